The number of aliphatic imine (C=N–C) groups is 1. The molecule has 0 saturated heterocycles. The molecule has 0 aromatic rings. The van der Waals surface area contributed by atoms with Gasteiger partial charge in [-0.2, -0.15) is 4.99 Å². The fraction of sp³-hybridized carbons (Fsp3) is 0.583. The van der Waals surface area contributed by atoms with Crippen molar-refractivity contribution in [1.82, 2.24) is 0 Å². The van der Waals surface area contributed by atoms with E-state index in [-0.39, 0.29) is 5.41 Å². The first-order valence-corrected chi connectivity index (χ1v) is 5.05. The van der Waals surface area contributed by atoms with Gasteiger partial charge in [0, 0.05) is 12.5 Å². The van der Waals surface area contributed by atoms with Crippen molar-refractivity contribution in [2.45, 2.75) is 27.2 Å². The van der Waals surface area contributed by atoms with Crippen molar-refractivity contribution in [3.05, 3.63) is 23.6 Å². The standard InChI is InChI=1S/C12H19NO2/c1-12(2,3)9-6-7-10(14-4)13-11(8-9)15-5/h6,8H,7H2,1-5H3. The van der Waals surface area contributed by atoms with E-state index in [2.05, 4.69) is 31.8 Å². The minimum absolute atomic E-state index is 0.0997. The summed E-state index contributed by atoms with van der Waals surface area (Å²) in [4.78, 5) is 4.26. The fourth-order valence-electron chi connectivity index (χ4n) is 1.35. The maximum atomic E-state index is 5.18. The number of nitrogens with zero attached hydrogens (tertiary/aromatic N) is 1. The molecule has 0 N–H and O–H groups in total. The Bertz CT molecular complexity index is 319. The number of allylic oxidation sites excluding steroid dienone is 2. The van der Waals surface area contributed by atoms with Gasteiger partial charge in [-0.05, 0) is 11.0 Å². The van der Waals surface area contributed by atoms with Crippen molar-refractivity contribution < 1.29 is 9.47 Å². The Kier molecular flexibility index (Phi) is 3.56. The molecule has 84 valence electrons. The predicted molar refractivity (Wildman–Crippen MR) is 61.7 cm³/mol. The molecule has 3 nitrogen and oxygen atoms in total. The Hall–Kier alpha value is -1.25. The van der Waals surface area contributed by atoms with Crippen LogP contribution in [0.2, 0.25) is 0 Å². The fourth-order valence-corrected chi connectivity index (χ4v) is 1.35. The molecule has 0 unspecified atom stereocenters. The maximum absolute atomic E-state index is 5.18. The summed E-state index contributed by atoms with van der Waals surface area (Å²) in [6.45, 7) is 6.50. The second-order valence-corrected chi connectivity index (χ2v) is 4.51. The van der Waals surface area contributed by atoms with E-state index in [0.29, 0.717) is 18.2 Å². The minimum Gasteiger partial charge on any atom is -0.484 e. The summed E-state index contributed by atoms with van der Waals surface area (Å²) >= 11 is 0. The van der Waals surface area contributed by atoms with E-state index in [1.165, 1.54) is 5.57 Å². The molecule has 0 spiro atoms. The summed E-state index contributed by atoms with van der Waals surface area (Å²) in [5.74, 6) is 1.29. The molecule has 0 atom stereocenters. The van der Waals surface area contributed by atoms with Crippen molar-refractivity contribution >= 4 is 5.90 Å². The van der Waals surface area contributed by atoms with Crippen LogP contribution in [0.4, 0.5) is 0 Å². The van der Waals surface area contributed by atoms with Crippen molar-refractivity contribution in [2.24, 2.45) is 10.4 Å². The highest BCUT2D eigenvalue weighted by Crippen LogP contribution is 2.29. The van der Waals surface area contributed by atoms with Gasteiger partial charge >= 0.3 is 0 Å². The number of rotatable bonds is 1. The maximum Gasteiger partial charge on any atom is 0.216 e. The van der Waals surface area contributed by atoms with Crippen LogP contribution in [0.5, 0.6) is 0 Å². The van der Waals surface area contributed by atoms with Gasteiger partial charge in [0.1, 0.15) is 0 Å². The quantitative estimate of drug-likeness (QED) is 0.664. The van der Waals surface area contributed by atoms with Crippen LogP contribution in [-0.2, 0) is 9.47 Å². The summed E-state index contributed by atoms with van der Waals surface area (Å²) in [7, 11) is 3.25. The topological polar surface area (TPSA) is 30.8 Å². The van der Waals surface area contributed by atoms with Gasteiger partial charge in [-0.25, -0.2) is 0 Å². The van der Waals surface area contributed by atoms with Crippen LogP contribution in [-0.4, -0.2) is 20.1 Å². The molecule has 0 bridgehead atoms. The van der Waals surface area contributed by atoms with Crippen LogP contribution in [0.1, 0.15) is 27.2 Å². The van der Waals surface area contributed by atoms with Gasteiger partial charge in [0.15, 0.2) is 5.90 Å². The zero-order valence-corrected chi connectivity index (χ0v) is 10.1. The average Bonchev–Trinajstić information content (AvgIpc) is 2.38. The minimum atomic E-state index is 0.0997. The summed E-state index contributed by atoms with van der Waals surface area (Å²) in [5.41, 5.74) is 1.32. The van der Waals surface area contributed by atoms with Crippen LogP contribution in [0, 0.1) is 5.41 Å². The molecule has 0 aromatic carbocycles. The molecular formula is C12H19NO2. The molecule has 0 aliphatic carbocycles. The van der Waals surface area contributed by atoms with Crippen LogP contribution in [0.25, 0.3) is 0 Å². The third-order valence-corrected chi connectivity index (χ3v) is 2.32. The van der Waals surface area contributed by atoms with Crippen molar-refractivity contribution in [3.8, 4) is 0 Å². The molecule has 1 rings (SSSR count). The lowest BCUT2D eigenvalue weighted by Crippen LogP contribution is -2.08. The molecule has 1 aliphatic rings. The third kappa shape index (κ3) is 3.11. The molecule has 15 heavy (non-hydrogen) atoms. The van der Waals surface area contributed by atoms with Gasteiger partial charge in [0.05, 0.1) is 14.2 Å². The Balaban J connectivity index is 3.02. The second-order valence-electron chi connectivity index (χ2n) is 4.51. The Labute approximate surface area is 91.5 Å². The highest BCUT2D eigenvalue weighted by atomic mass is 16.5. The monoisotopic (exact) mass is 209 g/mol. The zero-order valence-electron chi connectivity index (χ0n) is 10.1. The van der Waals surface area contributed by atoms with Gasteiger partial charge in [0.2, 0.25) is 5.88 Å². The summed E-state index contributed by atoms with van der Waals surface area (Å²) < 4.78 is 10.3. The second kappa shape index (κ2) is 4.51. The SMILES string of the molecule is COC1=CC(C(C)(C)C)=CCC(OC)=N1. The van der Waals surface area contributed by atoms with E-state index in [4.69, 9.17) is 9.47 Å². The summed E-state index contributed by atoms with van der Waals surface area (Å²) in [6.07, 6.45) is 4.81. The third-order valence-electron chi connectivity index (χ3n) is 2.32. The van der Waals surface area contributed by atoms with Gasteiger partial charge in [-0.15, -0.1) is 0 Å². The number of methoxy groups -OCH3 is 2. The van der Waals surface area contributed by atoms with Crippen LogP contribution >= 0.6 is 0 Å². The van der Waals surface area contributed by atoms with Gasteiger partial charge in [0.25, 0.3) is 0 Å². The van der Waals surface area contributed by atoms with E-state index in [0.717, 1.165) is 0 Å². The average molecular weight is 209 g/mol. The van der Waals surface area contributed by atoms with E-state index < -0.39 is 0 Å². The van der Waals surface area contributed by atoms with Crippen molar-refractivity contribution in [2.75, 3.05) is 14.2 Å². The van der Waals surface area contributed by atoms with Crippen molar-refractivity contribution in [1.29, 1.82) is 0 Å². The zero-order chi connectivity index (χ0) is 11.5. The molecular weight excluding hydrogens is 190 g/mol. The Morgan fingerprint density at radius 2 is 1.87 bits per heavy atom. The predicted octanol–water partition coefficient (Wildman–Crippen LogP) is 2.90. The van der Waals surface area contributed by atoms with Crippen LogP contribution < -0.4 is 0 Å². The van der Waals surface area contributed by atoms with E-state index in [1.807, 2.05) is 6.08 Å². The largest absolute Gasteiger partial charge is 0.484 e. The molecule has 0 amide bonds. The molecule has 0 saturated carbocycles. The lowest BCUT2D eigenvalue weighted by atomic mass is 9.86. The van der Waals surface area contributed by atoms with Crippen LogP contribution in [0.3, 0.4) is 0 Å². The van der Waals surface area contributed by atoms with Gasteiger partial charge in [-0.3, -0.25) is 0 Å². The number of ether oxygens (including phenoxy) is 2. The molecule has 0 radical (unpaired) electrons. The van der Waals surface area contributed by atoms with E-state index >= 15 is 0 Å². The first kappa shape index (κ1) is 11.8. The van der Waals surface area contributed by atoms with Crippen LogP contribution in [0.15, 0.2) is 28.6 Å². The normalized spacial score (nSPS) is 17.3. The summed E-state index contributed by atoms with van der Waals surface area (Å²) in [6, 6.07) is 0. The smallest absolute Gasteiger partial charge is 0.216 e. The van der Waals surface area contributed by atoms with Gasteiger partial charge < -0.3 is 9.47 Å². The number of hydrogen-bond acceptors (Lipinski definition) is 3. The van der Waals surface area contributed by atoms with Crippen molar-refractivity contribution in [3.63, 3.8) is 0 Å². The first-order valence-electron chi connectivity index (χ1n) is 5.05. The molecule has 3 heteroatoms. The summed E-state index contributed by atoms with van der Waals surface area (Å²) in [5, 5.41) is 0. The van der Waals surface area contributed by atoms with E-state index in [1.54, 1.807) is 14.2 Å². The highest BCUT2D eigenvalue weighted by molar-refractivity contribution is 5.79. The molecule has 1 heterocycles. The molecule has 1 aliphatic heterocycles. The lowest BCUT2D eigenvalue weighted by molar-refractivity contribution is 0.283. The lowest BCUT2D eigenvalue weighted by Gasteiger charge is -2.19. The van der Waals surface area contributed by atoms with Gasteiger partial charge in [-0.1, -0.05) is 26.8 Å². The highest BCUT2D eigenvalue weighted by Gasteiger charge is 2.18. The first-order chi connectivity index (χ1) is 6.97. The molecule has 0 aromatic heterocycles. The number of hydrogen-bond donors (Lipinski definition) is 0. The van der Waals surface area contributed by atoms with E-state index in [9.17, 15) is 0 Å². The Morgan fingerprint density at radius 1 is 1.20 bits per heavy atom. The Morgan fingerprint density at radius 3 is 2.33 bits per heavy atom. The molecule has 0 fully saturated rings.